The van der Waals surface area contributed by atoms with Gasteiger partial charge in [0.2, 0.25) is 0 Å². The van der Waals surface area contributed by atoms with Gasteiger partial charge in [-0.05, 0) is 80.8 Å². The molecule has 0 saturated heterocycles. The van der Waals surface area contributed by atoms with Crippen LogP contribution in [0.3, 0.4) is 0 Å². The van der Waals surface area contributed by atoms with E-state index >= 15 is 0 Å². The molecular formula is C19H26N2O2. The molecule has 4 heteroatoms. The van der Waals surface area contributed by atoms with E-state index in [0.29, 0.717) is 16.7 Å². The van der Waals surface area contributed by atoms with E-state index in [4.69, 9.17) is 5.11 Å². The number of carboxylic acid groups (broad SMARTS) is 1. The van der Waals surface area contributed by atoms with Crippen LogP contribution in [0.2, 0.25) is 0 Å². The molecule has 2 N–H and O–H groups in total. The lowest BCUT2D eigenvalue weighted by Crippen LogP contribution is -2.50. The summed E-state index contributed by atoms with van der Waals surface area (Å²) in [5.41, 5.74) is 2.38. The number of hydrogen-bond donors (Lipinski definition) is 2. The number of carbonyl (C=O) groups is 1. The molecule has 1 aromatic heterocycles. The summed E-state index contributed by atoms with van der Waals surface area (Å²) in [6.45, 7) is 3.60. The maximum atomic E-state index is 11.1. The molecule has 0 spiro atoms. The molecule has 4 aliphatic rings. The summed E-state index contributed by atoms with van der Waals surface area (Å²) in [5.74, 6) is 2.05. The van der Waals surface area contributed by atoms with Crippen LogP contribution in [0.5, 0.6) is 0 Å². The Morgan fingerprint density at radius 1 is 1.22 bits per heavy atom. The van der Waals surface area contributed by atoms with Gasteiger partial charge in [-0.2, -0.15) is 0 Å². The number of nitrogens with one attached hydrogen (secondary N) is 1. The van der Waals surface area contributed by atoms with Gasteiger partial charge in [-0.25, -0.2) is 4.79 Å². The molecule has 0 radical (unpaired) electrons. The van der Waals surface area contributed by atoms with E-state index in [1.807, 2.05) is 6.07 Å². The Kier molecular flexibility index (Phi) is 3.67. The van der Waals surface area contributed by atoms with Crippen molar-refractivity contribution in [1.29, 1.82) is 0 Å². The quantitative estimate of drug-likeness (QED) is 0.874. The molecule has 0 aromatic carbocycles. The SMILES string of the molecule is Cc1nc(CNCC23CC4CC(CC(C4)C2)C3)ccc1C(=O)O. The van der Waals surface area contributed by atoms with Crippen LogP contribution in [0.25, 0.3) is 0 Å². The number of nitrogens with zero attached hydrogens (tertiary/aromatic N) is 1. The maximum absolute atomic E-state index is 11.1. The maximum Gasteiger partial charge on any atom is 0.337 e. The highest BCUT2D eigenvalue weighted by molar-refractivity contribution is 5.88. The van der Waals surface area contributed by atoms with Crippen molar-refractivity contribution in [3.05, 3.63) is 29.1 Å². The molecule has 4 bridgehead atoms. The summed E-state index contributed by atoms with van der Waals surface area (Å²) in [4.78, 5) is 15.5. The van der Waals surface area contributed by atoms with Crippen molar-refractivity contribution in [3.63, 3.8) is 0 Å². The van der Waals surface area contributed by atoms with Crippen LogP contribution in [-0.4, -0.2) is 22.6 Å². The Bertz CT molecular complexity index is 591. The molecule has 0 atom stereocenters. The van der Waals surface area contributed by atoms with Crippen LogP contribution < -0.4 is 5.32 Å². The monoisotopic (exact) mass is 314 g/mol. The topological polar surface area (TPSA) is 62.2 Å². The highest BCUT2D eigenvalue weighted by Gasteiger charge is 2.50. The highest BCUT2D eigenvalue weighted by atomic mass is 16.4. The van der Waals surface area contributed by atoms with Gasteiger partial charge in [0.1, 0.15) is 0 Å². The predicted octanol–water partition coefficient (Wildman–Crippen LogP) is 3.39. The molecule has 4 nitrogen and oxygen atoms in total. The van der Waals surface area contributed by atoms with Crippen molar-refractivity contribution in [3.8, 4) is 0 Å². The lowest BCUT2D eigenvalue weighted by atomic mass is 9.49. The number of aryl methyl sites for hydroxylation is 1. The molecule has 0 unspecified atom stereocenters. The second-order valence-corrected chi connectivity index (χ2v) is 8.26. The Morgan fingerprint density at radius 3 is 2.35 bits per heavy atom. The Balaban J connectivity index is 1.37. The van der Waals surface area contributed by atoms with Gasteiger partial charge in [0.25, 0.3) is 0 Å². The average Bonchev–Trinajstić information content (AvgIpc) is 2.45. The van der Waals surface area contributed by atoms with E-state index in [0.717, 1.165) is 36.5 Å². The van der Waals surface area contributed by atoms with Crippen LogP contribution in [0, 0.1) is 30.1 Å². The zero-order chi connectivity index (χ0) is 16.0. The van der Waals surface area contributed by atoms with Gasteiger partial charge in [0.15, 0.2) is 0 Å². The molecule has 0 amide bonds. The molecule has 4 saturated carbocycles. The number of aromatic nitrogens is 1. The smallest absolute Gasteiger partial charge is 0.337 e. The molecule has 4 aliphatic carbocycles. The minimum absolute atomic E-state index is 0.301. The van der Waals surface area contributed by atoms with Crippen LogP contribution in [0.1, 0.15) is 60.3 Å². The minimum atomic E-state index is -0.900. The molecule has 1 aromatic rings. The van der Waals surface area contributed by atoms with Gasteiger partial charge in [-0.1, -0.05) is 0 Å². The molecule has 23 heavy (non-hydrogen) atoms. The van der Waals surface area contributed by atoms with Gasteiger partial charge in [0.05, 0.1) is 17.0 Å². The largest absolute Gasteiger partial charge is 0.478 e. The Morgan fingerprint density at radius 2 is 1.83 bits per heavy atom. The first kappa shape index (κ1) is 15.1. The van der Waals surface area contributed by atoms with Gasteiger partial charge in [0, 0.05) is 13.1 Å². The first-order valence-corrected chi connectivity index (χ1v) is 8.93. The first-order valence-electron chi connectivity index (χ1n) is 8.93. The third-order valence-corrected chi connectivity index (χ3v) is 6.35. The third kappa shape index (κ3) is 2.89. The molecular weight excluding hydrogens is 288 g/mol. The fraction of sp³-hybridized carbons (Fsp3) is 0.684. The first-order chi connectivity index (χ1) is 11.0. The van der Waals surface area contributed by atoms with Crippen molar-refractivity contribution >= 4 is 5.97 Å². The van der Waals surface area contributed by atoms with Gasteiger partial charge in [-0.3, -0.25) is 4.98 Å². The number of pyridine rings is 1. The van der Waals surface area contributed by atoms with Crippen LogP contribution in [0.4, 0.5) is 0 Å². The Hall–Kier alpha value is -1.42. The summed E-state index contributed by atoms with van der Waals surface area (Å²) >= 11 is 0. The second kappa shape index (κ2) is 5.59. The fourth-order valence-electron chi connectivity index (χ4n) is 5.90. The molecule has 0 aliphatic heterocycles. The standard InChI is InChI=1S/C19H26N2O2/c1-12-17(18(22)23)3-2-16(21-12)10-20-11-19-7-13-4-14(8-19)6-15(5-13)9-19/h2-3,13-15,20H,4-11H2,1H3,(H,22,23). The summed E-state index contributed by atoms with van der Waals surface area (Å²) in [5, 5.41) is 12.7. The molecule has 5 rings (SSSR count). The predicted molar refractivity (Wildman–Crippen MR) is 88.2 cm³/mol. The van der Waals surface area contributed by atoms with Gasteiger partial charge < -0.3 is 10.4 Å². The number of rotatable bonds is 5. The van der Waals surface area contributed by atoms with Crippen molar-refractivity contribution < 1.29 is 9.90 Å². The van der Waals surface area contributed by atoms with Gasteiger partial charge >= 0.3 is 5.97 Å². The highest BCUT2D eigenvalue weighted by Crippen LogP contribution is 2.59. The lowest BCUT2D eigenvalue weighted by Gasteiger charge is -2.57. The van der Waals surface area contributed by atoms with E-state index in [1.54, 1.807) is 13.0 Å². The normalized spacial score (nSPS) is 34.7. The number of hydrogen-bond acceptors (Lipinski definition) is 3. The summed E-state index contributed by atoms with van der Waals surface area (Å²) in [6.07, 6.45) is 8.69. The number of carboxylic acids is 1. The van der Waals surface area contributed by atoms with E-state index in [1.165, 1.54) is 38.5 Å². The lowest BCUT2D eigenvalue weighted by molar-refractivity contribution is -0.0514. The average molecular weight is 314 g/mol. The van der Waals surface area contributed by atoms with Crippen molar-refractivity contribution in [2.24, 2.45) is 23.2 Å². The minimum Gasteiger partial charge on any atom is -0.478 e. The van der Waals surface area contributed by atoms with Crippen LogP contribution in [0.15, 0.2) is 12.1 Å². The van der Waals surface area contributed by atoms with Crippen molar-refractivity contribution in [2.75, 3.05) is 6.54 Å². The molecule has 1 heterocycles. The van der Waals surface area contributed by atoms with Gasteiger partial charge in [-0.15, -0.1) is 0 Å². The zero-order valence-electron chi connectivity index (χ0n) is 13.8. The summed E-state index contributed by atoms with van der Waals surface area (Å²) in [7, 11) is 0. The van der Waals surface area contributed by atoms with Crippen molar-refractivity contribution in [2.45, 2.75) is 52.0 Å². The molecule has 4 fully saturated rings. The van der Waals surface area contributed by atoms with E-state index in [9.17, 15) is 4.79 Å². The zero-order valence-corrected chi connectivity index (χ0v) is 13.8. The number of aromatic carboxylic acids is 1. The van der Waals surface area contributed by atoms with E-state index < -0.39 is 5.97 Å². The van der Waals surface area contributed by atoms with Crippen molar-refractivity contribution in [1.82, 2.24) is 10.3 Å². The van der Waals surface area contributed by atoms with E-state index in [2.05, 4.69) is 10.3 Å². The third-order valence-electron chi connectivity index (χ3n) is 6.35. The molecule has 124 valence electrons. The summed E-state index contributed by atoms with van der Waals surface area (Å²) in [6, 6.07) is 3.51. The van der Waals surface area contributed by atoms with Crippen LogP contribution in [-0.2, 0) is 6.54 Å². The fourth-order valence-corrected chi connectivity index (χ4v) is 5.90. The van der Waals surface area contributed by atoms with Crippen LogP contribution >= 0.6 is 0 Å². The second-order valence-electron chi connectivity index (χ2n) is 8.26. The van der Waals surface area contributed by atoms with E-state index in [-0.39, 0.29) is 0 Å². The Labute approximate surface area is 137 Å². The summed E-state index contributed by atoms with van der Waals surface area (Å²) < 4.78 is 0.